The molecular weight excluding hydrogens is 498 g/mol. The van der Waals surface area contributed by atoms with Gasteiger partial charge < -0.3 is 20.1 Å². The van der Waals surface area contributed by atoms with E-state index in [4.69, 9.17) is 9.47 Å². The van der Waals surface area contributed by atoms with Crippen LogP contribution in [0.4, 0.5) is 4.39 Å². The van der Waals surface area contributed by atoms with Gasteiger partial charge in [0.15, 0.2) is 5.96 Å². The lowest BCUT2D eigenvalue weighted by Gasteiger charge is -2.27. The molecule has 0 atom stereocenters. The fraction of sp³-hybridized carbons (Fsp3) is 0.455. The molecule has 1 aromatic carbocycles. The number of hydrogen-bond donors (Lipinski definition) is 2. The van der Waals surface area contributed by atoms with Gasteiger partial charge in [0.05, 0.1) is 13.2 Å². The summed E-state index contributed by atoms with van der Waals surface area (Å²) in [6.07, 6.45) is 1.69. The third-order valence-corrected chi connectivity index (χ3v) is 4.43. The summed E-state index contributed by atoms with van der Waals surface area (Å²) >= 11 is 0. The minimum absolute atomic E-state index is 0. The fourth-order valence-electron chi connectivity index (χ4n) is 2.72. The molecule has 0 amide bonds. The summed E-state index contributed by atoms with van der Waals surface area (Å²) in [7, 11) is 1.63. The number of pyridine rings is 1. The van der Waals surface area contributed by atoms with Crippen LogP contribution in [0.5, 0.6) is 5.88 Å². The van der Waals surface area contributed by atoms with Gasteiger partial charge in [0.2, 0.25) is 5.88 Å². The molecule has 2 aromatic rings. The number of aromatic nitrogens is 1. The van der Waals surface area contributed by atoms with Gasteiger partial charge in [-0.25, -0.2) is 14.4 Å². The lowest BCUT2D eigenvalue weighted by atomic mass is 9.84. The highest BCUT2D eigenvalue weighted by molar-refractivity contribution is 14.0. The van der Waals surface area contributed by atoms with Crippen LogP contribution in [-0.2, 0) is 16.7 Å². The van der Waals surface area contributed by atoms with Crippen LogP contribution in [0, 0.1) is 5.82 Å². The first-order valence-corrected chi connectivity index (χ1v) is 9.80. The molecule has 2 N–H and O–H groups in total. The van der Waals surface area contributed by atoms with E-state index in [1.807, 2.05) is 25.1 Å². The highest BCUT2D eigenvalue weighted by atomic mass is 127. The Morgan fingerprint density at radius 2 is 1.97 bits per heavy atom. The Kier molecular flexibility index (Phi) is 11.6. The molecular formula is C22H32FIN4O2. The highest BCUT2D eigenvalue weighted by Crippen LogP contribution is 2.23. The third kappa shape index (κ3) is 8.43. The molecule has 0 fully saturated rings. The molecule has 8 heteroatoms. The second-order valence-electron chi connectivity index (χ2n) is 7.25. The van der Waals surface area contributed by atoms with Crippen LogP contribution in [0.15, 0.2) is 47.6 Å². The average Bonchev–Trinajstić information content (AvgIpc) is 2.71. The van der Waals surface area contributed by atoms with Crippen LogP contribution in [0.2, 0.25) is 0 Å². The van der Waals surface area contributed by atoms with Crippen molar-refractivity contribution in [2.75, 3.05) is 33.4 Å². The number of aliphatic imine (C=N–C) groups is 1. The van der Waals surface area contributed by atoms with E-state index in [1.54, 1.807) is 25.4 Å². The van der Waals surface area contributed by atoms with Gasteiger partial charge in [-0.3, -0.25) is 0 Å². The fourth-order valence-corrected chi connectivity index (χ4v) is 2.72. The molecule has 1 aromatic heterocycles. The van der Waals surface area contributed by atoms with Crippen LogP contribution in [-0.4, -0.2) is 44.4 Å². The third-order valence-electron chi connectivity index (χ3n) is 4.43. The zero-order valence-electron chi connectivity index (χ0n) is 18.1. The molecule has 0 bridgehead atoms. The van der Waals surface area contributed by atoms with Crippen molar-refractivity contribution >= 4 is 29.9 Å². The van der Waals surface area contributed by atoms with Crippen LogP contribution in [0.3, 0.4) is 0 Å². The number of nitrogens with zero attached hydrogens (tertiary/aromatic N) is 2. The lowest BCUT2D eigenvalue weighted by Crippen LogP contribution is -2.43. The normalized spacial score (nSPS) is 11.6. The predicted molar refractivity (Wildman–Crippen MR) is 129 cm³/mol. The van der Waals surface area contributed by atoms with Gasteiger partial charge in [0, 0.05) is 37.4 Å². The van der Waals surface area contributed by atoms with E-state index in [0.29, 0.717) is 38.1 Å². The number of methoxy groups -OCH3 is 1. The summed E-state index contributed by atoms with van der Waals surface area (Å²) in [6.45, 7) is 8.85. The minimum Gasteiger partial charge on any atom is -0.475 e. The summed E-state index contributed by atoms with van der Waals surface area (Å²) in [4.78, 5) is 8.94. The smallest absolute Gasteiger partial charge is 0.218 e. The number of rotatable bonds is 10. The van der Waals surface area contributed by atoms with Crippen LogP contribution in [0.25, 0.3) is 0 Å². The van der Waals surface area contributed by atoms with Crippen molar-refractivity contribution in [1.29, 1.82) is 0 Å². The lowest BCUT2D eigenvalue weighted by molar-refractivity contribution is 0.143. The Bertz CT molecular complexity index is 802. The van der Waals surface area contributed by atoms with Gasteiger partial charge in [-0.1, -0.05) is 32.0 Å². The second kappa shape index (κ2) is 13.4. The minimum atomic E-state index is -0.263. The largest absolute Gasteiger partial charge is 0.475 e. The first-order chi connectivity index (χ1) is 14.0. The van der Waals surface area contributed by atoms with E-state index in [2.05, 4.69) is 34.5 Å². The van der Waals surface area contributed by atoms with Crippen molar-refractivity contribution in [2.45, 2.75) is 32.7 Å². The molecule has 0 spiro atoms. The van der Waals surface area contributed by atoms with E-state index in [9.17, 15) is 4.39 Å². The molecule has 0 saturated heterocycles. The van der Waals surface area contributed by atoms with Crippen LogP contribution >= 0.6 is 24.0 Å². The van der Waals surface area contributed by atoms with E-state index in [0.717, 1.165) is 17.7 Å². The summed E-state index contributed by atoms with van der Waals surface area (Å²) in [6, 6.07) is 10.5. The zero-order valence-corrected chi connectivity index (χ0v) is 20.4. The van der Waals surface area contributed by atoms with E-state index < -0.39 is 0 Å². The van der Waals surface area contributed by atoms with Gasteiger partial charge in [0.25, 0.3) is 0 Å². The number of nitrogens with one attached hydrogen (secondary N) is 2. The maximum absolute atomic E-state index is 13.6. The van der Waals surface area contributed by atoms with Gasteiger partial charge in [-0.2, -0.15) is 0 Å². The van der Waals surface area contributed by atoms with Crippen LogP contribution in [0.1, 0.15) is 31.9 Å². The van der Waals surface area contributed by atoms with Crippen LogP contribution < -0.4 is 15.4 Å². The second-order valence-corrected chi connectivity index (χ2v) is 7.25. The number of guanidine groups is 1. The Morgan fingerprint density at radius 3 is 2.67 bits per heavy atom. The molecule has 30 heavy (non-hydrogen) atoms. The van der Waals surface area contributed by atoms with Crippen molar-refractivity contribution in [3.63, 3.8) is 0 Å². The van der Waals surface area contributed by atoms with E-state index in [-0.39, 0.29) is 35.2 Å². The van der Waals surface area contributed by atoms with Gasteiger partial charge in [-0.15, -0.1) is 24.0 Å². The van der Waals surface area contributed by atoms with Gasteiger partial charge >= 0.3 is 0 Å². The van der Waals surface area contributed by atoms with E-state index in [1.165, 1.54) is 6.07 Å². The number of halogens is 2. The Hall–Kier alpha value is -1.94. The maximum atomic E-state index is 13.6. The van der Waals surface area contributed by atoms with Crippen molar-refractivity contribution in [2.24, 2.45) is 4.99 Å². The number of hydrogen-bond acceptors (Lipinski definition) is 4. The molecule has 166 valence electrons. The zero-order chi connectivity index (χ0) is 21.1. The summed E-state index contributed by atoms with van der Waals surface area (Å²) < 4.78 is 24.3. The van der Waals surface area contributed by atoms with Gasteiger partial charge in [0.1, 0.15) is 12.4 Å². The SMILES string of the molecule is CCNC(=NCc1cccnc1OCCOC)NCC(C)(C)c1cccc(F)c1.I. The molecule has 0 aliphatic heterocycles. The number of ether oxygens (including phenoxy) is 2. The molecule has 0 unspecified atom stereocenters. The first kappa shape index (κ1) is 26.1. The molecule has 0 aliphatic carbocycles. The Balaban J connectivity index is 0.00000450. The molecule has 2 rings (SSSR count). The molecule has 0 radical (unpaired) electrons. The van der Waals surface area contributed by atoms with Crippen molar-refractivity contribution < 1.29 is 13.9 Å². The highest BCUT2D eigenvalue weighted by Gasteiger charge is 2.21. The average molecular weight is 530 g/mol. The molecule has 6 nitrogen and oxygen atoms in total. The van der Waals surface area contributed by atoms with E-state index >= 15 is 0 Å². The maximum Gasteiger partial charge on any atom is 0.218 e. The summed E-state index contributed by atoms with van der Waals surface area (Å²) in [5, 5.41) is 6.60. The molecule has 0 aliphatic rings. The number of benzene rings is 1. The molecule has 1 heterocycles. The van der Waals surface area contributed by atoms with Crippen molar-refractivity contribution in [3.8, 4) is 5.88 Å². The predicted octanol–water partition coefficient (Wildman–Crippen LogP) is 3.90. The monoisotopic (exact) mass is 530 g/mol. The Morgan fingerprint density at radius 1 is 1.17 bits per heavy atom. The first-order valence-electron chi connectivity index (χ1n) is 9.80. The standard InChI is InChI=1S/C22H31FN4O2.HI/c1-5-24-21(27-16-22(2,3)18-9-6-10-19(23)14-18)26-15-17-8-7-11-25-20(17)29-13-12-28-4;/h6-11,14H,5,12-13,15-16H2,1-4H3,(H2,24,26,27);1H. The van der Waals surface area contributed by atoms with Crippen molar-refractivity contribution in [1.82, 2.24) is 15.6 Å². The topological polar surface area (TPSA) is 67.8 Å². The molecule has 0 saturated carbocycles. The summed E-state index contributed by atoms with van der Waals surface area (Å²) in [5.41, 5.74) is 1.56. The van der Waals surface area contributed by atoms with Crippen molar-refractivity contribution in [3.05, 3.63) is 59.5 Å². The quantitative estimate of drug-likeness (QED) is 0.211. The Labute approximate surface area is 195 Å². The summed E-state index contributed by atoms with van der Waals surface area (Å²) in [5.74, 6) is 1.02. The van der Waals surface area contributed by atoms with Gasteiger partial charge in [-0.05, 0) is 30.7 Å².